The highest BCUT2D eigenvalue weighted by atomic mass is 16.5. The van der Waals surface area contributed by atoms with E-state index in [1.807, 2.05) is 6.07 Å². The number of nitrogens with zero attached hydrogens (tertiary/aromatic N) is 1. The predicted molar refractivity (Wildman–Crippen MR) is 51.8 cm³/mol. The van der Waals surface area contributed by atoms with Crippen LogP contribution in [-0.2, 0) is 6.42 Å². The molecule has 0 fully saturated rings. The summed E-state index contributed by atoms with van der Waals surface area (Å²) in [4.78, 5) is 10.7. The summed E-state index contributed by atoms with van der Waals surface area (Å²) in [6.45, 7) is 0. The monoisotopic (exact) mass is 203 g/mol. The third-order valence-electron chi connectivity index (χ3n) is 2.40. The highest BCUT2D eigenvalue weighted by molar-refractivity contribution is 5.88. The Morgan fingerprint density at radius 2 is 2.40 bits per heavy atom. The quantitative estimate of drug-likeness (QED) is 0.752. The largest absolute Gasteiger partial charge is 0.478 e. The number of carbonyl (C=O) groups is 1. The number of nitriles is 1. The van der Waals surface area contributed by atoms with E-state index in [2.05, 4.69) is 0 Å². The molecule has 4 nitrogen and oxygen atoms in total. The van der Waals surface area contributed by atoms with Gasteiger partial charge in [-0.1, -0.05) is 0 Å². The normalized spacial score (nSPS) is 18.5. The van der Waals surface area contributed by atoms with Gasteiger partial charge in [0, 0.05) is 6.42 Å². The van der Waals surface area contributed by atoms with Gasteiger partial charge in [0.15, 0.2) is 6.10 Å². The fourth-order valence-corrected chi connectivity index (χ4v) is 1.61. The molecule has 76 valence electrons. The molecule has 1 aliphatic heterocycles. The Kier molecular flexibility index (Phi) is 2.30. The Morgan fingerprint density at radius 1 is 1.60 bits per heavy atom. The molecular weight excluding hydrogens is 194 g/mol. The number of aryl methyl sites for hydroxylation is 1. The van der Waals surface area contributed by atoms with Crippen molar-refractivity contribution < 1.29 is 14.6 Å². The molecule has 0 bridgehead atoms. The maximum Gasteiger partial charge on any atom is 0.335 e. The van der Waals surface area contributed by atoms with Crippen LogP contribution in [0.15, 0.2) is 18.2 Å². The van der Waals surface area contributed by atoms with Gasteiger partial charge in [0.2, 0.25) is 0 Å². The highest BCUT2D eigenvalue weighted by Crippen LogP contribution is 2.28. The molecular formula is C11H9NO3. The summed E-state index contributed by atoms with van der Waals surface area (Å²) in [5.74, 6) is -0.321. The third kappa shape index (κ3) is 1.77. The summed E-state index contributed by atoms with van der Waals surface area (Å²) in [5, 5.41) is 17.5. The van der Waals surface area contributed by atoms with Crippen molar-refractivity contribution in [1.29, 1.82) is 5.26 Å². The molecule has 0 aromatic heterocycles. The number of benzene rings is 1. The highest BCUT2D eigenvalue weighted by Gasteiger charge is 2.20. The number of rotatable bonds is 1. The van der Waals surface area contributed by atoms with Crippen LogP contribution in [0.25, 0.3) is 0 Å². The SMILES string of the molecule is N#CC1CCc2cc(C(=O)O)ccc2O1. The van der Waals surface area contributed by atoms with Gasteiger partial charge >= 0.3 is 5.97 Å². The number of aromatic carboxylic acids is 1. The minimum Gasteiger partial charge on any atom is -0.478 e. The van der Waals surface area contributed by atoms with Crippen molar-refractivity contribution in [1.82, 2.24) is 0 Å². The van der Waals surface area contributed by atoms with E-state index in [1.54, 1.807) is 12.1 Å². The first-order chi connectivity index (χ1) is 7.20. The molecule has 0 amide bonds. The van der Waals surface area contributed by atoms with Crippen LogP contribution in [0.5, 0.6) is 5.75 Å². The summed E-state index contributed by atoms with van der Waals surface area (Å²) in [5.41, 5.74) is 1.12. The molecule has 0 saturated heterocycles. The van der Waals surface area contributed by atoms with Crippen molar-refractivity contribution in [3.63, 3.8) is 0 Å². The zero-order valence-corrected chi connectivity index (χ0v) is 7.93. The van der Waals surface area contributed by atoms with Crippen molar-refractivity contribution in [3.8, 4) is 11.8 Å². The van der Waals surface area contributed by atoms with Gasteiger partial charge in [0.25, 0.3) is 0 Å². The average molecular weight is 203 g/mol. The lowest BCUT2D eigenvalue weighted by Gasteiger charge is -2.21. The second-order valence-corrected chi connectivity index (χ2v) is 3.40. The number of ether oxygens (including phenoxy) is 1. The van der Waals surface area contributed by atoms with Gasteiger partial charge in [-0.25, -0.2) is 4.79 Å². The summed E-state index contributed by atoms with van der Waals surface area (Å²) in [7, 11) is 0. The van der Waals surface area contributed by atoms with Crippen LogP contribution in [0.1, 0.15) is 22.3 Å². The van der Waals surface area contributed by atoms with Crippen molar-refractivity contribution in [2.75, 3.05) is 0 Å². The predicted octanol–water partition coefficient (Wildman–Crippen LogP) is 1.60. The summed E-state index contributed by atoms with van der Waals surface area (Å²) in [6, 6.07) is 6.75. The van der Waals surface area contributed by atoms with Crippen molar-refractivity contribution in [2.24, 2.45) is 0 Å². The minimum atomic E-state index is -0.944. The molecule has 0 aliphatic carbocycles. The van der Waals surface area contributed by atoms with Gasteiger partial charge in [-0.05, 0) is 30.2 Å². The van der Waals surface area contributed by atoms with E-state index in [0.29, 0.717) is 18.6 Å². The molecule has 15 heavy (non-hydrogen) atoms. The number of hydrogen-bond donors (Lipinski definition) is 1. The lowest BCUT2D eigenvalue weighted by Crippen LogP contribution is -2.20. The van der Waals surface area contributed by atoms with E-state index in [4.69, 9.17) is 15.1 Å². The van der Waals surface area contributed by atoms with Crippen LogP contribution >= 0.6 is 0 Å². The summed E-state index contributed by atoms with van der Waals surface area (Å²) < 4.78 is 5.36. The van der Waals surface area contributed by atoms with E-state index in [-0.39, 0.29) is 5.56 Å². The number of fused-ring (bicyclic) bond motifs is 1. The Labute approximate surface area is 86.7 Å². The van der Waals surface area contributed by atoms with E-state index in [0.717, 1.165) is 5.56 Å². The molecule has 1 aromatic carbocycles. The number of carboxylic acids is 1. The van der Waals surface area contributed by atoms with Gasteiger partial charge in [0.1, 0.15) is 11.8 Å². The molecule has 1 aliphatic rings. The van der Waals surface area contributed by atoms with Crippen molar-refractivity contribution >= 4 is 5.97 Å². The van der Waals surface area contributed by atoms with Crippen LogP contribution in [0.2, 0.25) is 0 Å². The lowest BCUT2D eigenvalue weighted by molar-refractivity contribution is 0.0696. The van der Waals surface area contributed by atoms with Crippen LogP contribution < -0.4 is 4.74 Å². The van der Waals surface area contributed by atoms with Gasteiger partial charge in [0.05, 0.1) is 5.56 Å². The maximum absolute atomic E-state index is 10.7. The van der Waals surface area contributed by atoms with Gasteiger partial charge in [-0.3, -0.25) is 0 Å². The van der Waals surface area contributed by atoms with Crippen LogP contribution in [-0.4, -0.2) is 17.2 Å². The van der Waals surface area contributed by atoms with Crippen molar-refractivity contribution in [3.05, 3.63) is 29.3 Å². The molecule has 0 saturated carbocycles. The molecule has 1 aromatic rings. The maximum atomic E-state index is 10.7. The third-order valence-corrected chi connectivity index (χ3v) is 2.40. The summed E-state index contributed by atoms with van der Waals surface area (Å²) >= 11 is 0. The van der Waals surface area contributed by atoms with Gasteiger partial charge in [-0.2, -0.15) is 5.26 Å². The minimum absolute atomic E-state index is 0.257. The Bertz CT molecular complexity index is 448. The Balaban J connectivity index is 2.33. The fourth-order valence-electron chi connectivity index (χ4n) is 1.61. The first kappa shape index (κ1) is 9.53. The second-order valence-electron chi connectivity index (χ2n) is 3.40. The zero-order chi connectivity index (χ0) is 10.8. The van der Waals surface area contributed by atoms with E-state index in [9.17, 15) is 4.79 Å². The molecule has 0 radical (unpaired) electrons. The Hall–Kier alpha value is -2.02. The van der Waals surface area contributed by atoms with Crippen molar-refractivity contribution in [2.45, 2.75) is 18.9 Å². The number of hydrogen-bond acceptors (Lipinski definition) is 3. The van der Waals surface area contributed by atoms with Crippen LogP contribution in [0.3, 0.4) is 0 Å². The average Bonchev–Trinajstić information content (AvgIpc) is 2.27. The first-order valence-corrected chi connectivity index (χ1v) is 4.63. The molecule has 1 N–H and O–H groups in total. The molecule has 0 spiro atoms. The van der Waals surface area contributed by atoms with E-state index >= 15 is 0 Å². The summed E-state index contributed by atoms with van der Waals surface area (Å²) in [6.07, 6.45) is 0.898. The molecule has 1 unspecified atom stereocenters. The van der Waals surface area contributed by atoms with E-state index < -0.39 is 12.1 Å². The smallest absolute Gasteiger partial charge is 0.335 e. The zero-order valence-electron chi connectivity index (χ0n) is 7.93. The fraction of sp³-hybridized carbons (Fsp3) is 0.273. The lowest BCUT2D eigenvalue weighted by atomic mass is 10.0. The Morgan fingerprint density at radius 3 is 3.07 bits per heavy atom. The standard InChI is InChI=1S/C11H9NO3/c12-6-9-3-1-7-5-8(11(13)14)2-4-10(7)15-9/h2,4-5,9H,1,3H2,(H,13,14). The molecule has 1 heterocycles. The topological polar surface area (TPSA) is 70.3 Å². The molecule has 4 heteroatoms. The van der Waals surface area contributed by atoms with Crippen LogP contribution in [0, 0.1) is 11.3 Å². The first-order valence-electron chi connectivity index (χ1n) is 4.63. The molecule has 2 rings (SSSR count). The van der Waals surface area contributed by atoms with Gasteiger partial charge < -0.3 is 9.84 Å². The molecule has 1 atom stereocenters. The second kappa shape index (κ2) is 3.62. The number of carboxylic acid groups (broad SMARTS) is 1. The van der Waals surface area contributed by atoms with Gasteiger partial charge in [-0.15, -0.1) is 0 Å². The van der Waals surface area contributed by atoms with Crippen LogP contribution in [0.4, 0.5) is 0 Å². The van der Waals surface area contributed by atoms with E-state index in [1.165, 1.54) is 6.07 Å².